The van der Waals surface area contributed by atoms with Gasteiger partial charge >= 0.3 is 0 Å². The summed E-state index contributed by atoms with van der Waals surface area (Å²) in [6.45, 7) is 7.40. The van der Waals surface area contributed by atoms with Crippen LogP contribution in [0.1, 0.15) is 65.7 Å². The Bertz CT molecular complexity index is 272. The summed E-state index contributed by atoms with van der Waals surface area (Å²) >= 11 is 5.79. The topological polar surface area (TPSA) is 29.1 Å². The van der Waals surface area contributed by atoms with Gasteiger partial charge in [0.25, 0.3) is 0 Å². The fourth-order valence-corrected chi connectivity index (χ4v) is 3.43. The number of amides is 1. The molecule has 0 bridgehead atoms. The molecule has 112 valence electrons. The first kappa shape index (κ1) is 16.8. The third-order valence-corrected chi connectivity index (χ3v) is 4.79. The Labute approximate surface area is 123 Å². The second-order valence-electron chi connectivity index (χ2n) is 6.74. The molecule has 1 fully saturated rings. The molecule has 3 heteroatoms. The van der Waals surface area contributed by atoms with Crippen LogP contribution < -0.4 is 5.32 Å². The lowest BCUT2D eigenvalue weighted by molar-refractivity contribution is -0.131. The second kappa shape index (κ2) is 8.14. The first-order chi connectivity index (χ1) is 9.00. The van der Waals surface area contributed by atoms with Crippen LogP contribution in [0.5, 0.6) is 0 Å². The van der Waals surface area contributed by atoms with Crippen molar-refractivity contribution < 1.29 is 4.79 Å². The van der Waals surface area contributed by atoms with Gasteiger partial charge in [-0.15, -0.1) is 11.6 Å². The van der Waals surface area contributed by atoms with Crippen LogP contribution in [-0.4, -0.2) is 18.3 Å². The van der Waals surface area contributed by atoms with Crippen LogP contribution in [0, 0.1) is 17.3 Å². The summed E-state index contributed by atoms with van der Waals surface area (Å²) in [7, 11) is 0. The van der Waals surface area contributed by atoms with E-state index in [0.717, 1.165) is 38.6 Å². The van der Waals surface area contributed by atoms with Gasteiger partial charge in [0.15, 0.2) is 0 Å². The maximum Gasteiger partial charge on any atom is 0.226 e. The monoisotopic (exact) mass is 287 g/mol. The standard InChI is InChI=1S/C16H30ClNO/c1-13(2)11-16(8-4-5-9-16)15(19)18-10-6-7-14(3)12-17/h13-14H,4-12H2,1-3H3,(H,18,19). The average molecular weight is 288 g/mol. The largest absolute Gasteiger partial charge is 0.356 e. The number of nitrogens with one attached hydrogen (secondary N) is 1. The van der Waals surface area contributed by atoms with Crippen LogP contribution in [0.3, 0.4) is 0 Å². The molecule has 1 aliphatic rings. The molecule has 19 heavy (non-hydrogen) atoms. The number of carbonyl (C=O) groups is 1. The van der Waals surface area contributed by atoms with Crippen molar-refractivity contribution >= 4 is 17.5 Å². The summed E-state index contributed by atoms with van der Waals surface area (Å²) in [5.74, 6) is 2.16. The number of hydrogen-bond acceptors (Lipinski definition) is 1. The number of hydrogen-bond donors (Lipinski definition) is 1. The molecule has 2 nitrogen and oxygen atoms in total. The number of rotatable bonds is 8. The van der Waals surface area contributed by atoms with Crippen molar-refractivity contribution in [2.24, 2.45) is 17.3 Å². The Kier molecular flexibility index (Phi) is 7.20. The number of halogens is 1. The summed E-state index contributed by atoms with van der Waals surface area (Å²) < 4.78 is 0. The van der Waals surface area contributed by atoms with Gasteiger partial charge < -0.3 is 5.32 Å². The molecule has 1 rings (SSSR count). The highest BCUT2D eigenvalue weighted by Gasteiger charge is 2.40. The van der Waals surface area contributed by atoms with E-state index in [1.165, 1.54) is 12.8 Å². The lowest BCUT2D eigenvalue weighted by atomic mass is 9.77. The van der Waals surface area contributed by atoms with E-state index >= 15 is 0 Å². The second-order valence-corrected chi connectivity index (χ2v) is 7.05. The van der Waals surface area contributed by atoms with Gasteiger partial charge in [0.2, 0.25) is 5.91 Å². The quantitative estimate of drug-likeness (QED) is 0.521. The van der Waals surface area contributed by atoms with Crippen molar-refractivity contribution in [2.45, 2.75) is 65.7 Å². The maximum atomic E-state index is 12.5. The molecule has 0 aliphatic heterocycles. The van der Waals surface area contributed by atoms with Crippen molar-refractivity contribution in [2.75, 3.05) is 12.4 Å². The molecule has 0 heterocycles. The molecule has 0 saturated heterocycles. The Balaban J connectivity index is 2.37. The molecule has 1 aliphatic carbocycles. The van der Waals surface area contributed by atoms with E-state index in [4.69, 9.17) is 11.6 Å². The van der Waals surface area contributed by atoms with Crippen molar-refractivity contribution in [1.82, 2.24) is 5.32 Å². The van der Waals surface area contributed by atoms with Crippen molar-refractivity contribution in [1.29, 1.82) is 0 Å². The molecule has 1 atom stereocenters. The minimum absolute atomic E-state index is 0.0632. The van der Waals surface area contributed by atoms with Crippen LogP contribution in [0.15, 0.2) is 0 Å². The molecule has 0 radical (unpaired) electrons. The van der Waals surface area contributed by atoms with E-state index in [9.17, 15) is 4.79 Å². The van der Waals surface area contributed by atoms with Crippen LogP contribution in [0.25, 0.3) is 0 Å². The van der Waals surface area contributed by atoms with E-state index < -0.39 is 0 Å². The van der Waals surface area contributed by atoms with E-state index in [0.29, 0.717) is 23.6 Å². The van der Waals surface area contributed by atoms with Crippen LogP contribution >= 0.6 is 11.6 Å². The molecule has 0 spiro atoms. The van der Waals surface area contributed by atoms with Crippen molar-refractivity contribution in [3.63, 3.8) is 0 Å². The lowest BCUT2D eigenvalue weighted by Crippen LogP contribution is -2.40. The Hall–Kier alpha value is -0.240. The lowest BCUT2D eigenvalue weighted by Gasteiger charge is -2.29. The minimum atomic E-state index is -0.0632. The third-order valence-electron chi connectivity index (χ3n) is 4.26. The van der Waals surface area contributed by atoms with E-state index in [1.54, 1.807) is 0 Å². The van der Waals surface area contributed by atoms with Crippen LogP contribution in [0.2, 0.25) is 0 Å². The van der Waals surface area contributed by atoms with E-state index in [-0.39, 0.29) is 5.41 Å². The third kappa shape index (κ3) is 5.33. The minimum Gasteiger partial charge on any atom is -0.356 e. The van der Waals surface area contributed by atoms with Crippen LogP contribution in [-0.2, 0) is 4.79 Å². The predicted octanol–water partition coefficient (Wildman–Crippen LogP) is 4.36. The van der Waals surface area contributed by atoms with E-state index in [1.807, 2.05) is 0 Å². The normalized spacial score (nSPS) is 19.6. The summed E-state index contributed by atoms with van der Waals surface area (Å²) in [6.07, 6.45) is 7.76. The molecule has 0 aromatic rings. The molecular weight excluding hydrogens is 258 g/mol. The Morgan fingerprint density at radius 2 is 1.89 bits per heavy atom. The van der Waals surface area contributed by atoms with Gasteiger partial charge in [-0.05, 0) is 43.9 Å². The van der Waals surface area contributed by atoms with Gasteiger partial charge in [-0.3, -0.25) is 4.79 Å². The van der Waals surface area contributed by atoms with Crippen molar-refractivity contribution in [3.8, 4) is 0 Å². The zero-order valence-corrected chi connectivity index (χ0v) is 13.6. The molecule has 0 aromatic heterocycles. The Morgan fingerprint density at radius 3 is 2.42 bits per heavy atom. The molecule has 0 aromatic carbocycles. The van der Waals surface area contributed by atoms with Gasteiger partial charge in [0, 0.05) is 17.8 Å². The first-order valence-electron chi connectivity index (χ1n) is 7.84. The molecule has 1 N–H and O–H groups in total. The van der Waals surface area contributed by atoms with Gasteiger partial charge in [-0.1, -0.05) is 33.6 Å². The first-order valence-corrected chi connectivity index (χ1v) is 8.38. The number of alkyl halides is 1. The Morgan fingerprint density at radius 1 is 1.26 bits per heavy atom. The molecular formula is C16H30ClNO. The molecule has 1 saturated carbocycles. The fourth-order valence-electron chi connectivity index (χ4n) is 3.27. The van der Waals surface area contributed by atoms with E-state index in [2.05, 4.69) is 26.1 Å². The number of carbonyl (C=O) groups excluding carboxylic acids is 1. The van der Waals surface area contributed by atoms with Gasteiger partial charge in [-0.25, -0.2) is 0 Å². The summed E-state index contributed by atoms with van der Waals surface area (Å²) in [5, 5.41) is 3.17. The average Bonchev–Trinajstić information content (AvgIpc) is 2.82. The fraction of sp³-hybridized carbons (Fsp3) is 0.938. The van der Waals surface area contributed by atoms with Gasteiger partial charge in [-0.2, -0.15) is 0 Å². The van der Waals surface area contributed by atoms with Gasteiger partial charge in [0.05, 0.1) is 0 Å². The summed E-state index contributed by atoms with van der Waals surface area (Å²) in [5.41, 5.74) is -0.0632. The summed E-state index contributed by atoms with van der Waals surface area (Å²) in [6, 6.07) is 0. The zero-order valence-electron chi connectivity index (χ0n) is 12.8. The highest BCUT2D eigenvalue weighted by atomic mass is 35.5. The SMILES string of the molecule is CC(C)CC1(C(=O)NCCCC(C)CCl)CCCC1. The smallest absolute Gasteiger partial charge is 0.226 e. The predicted molar refractivity (Wildman–Crippen MR) is 82.5 cm³/mol. The zero-order chi connectivity index (χ0) is 14.3. The summed E-state index contributed by atoms with van der Waals surface area (Å²) in [4.78, 5) is 12.5. The van der Waals surface area contributed by atoms with Gasteiger partial charge in [0.1, 0.15) is 0 Å². The van der Waals surface area contributed by atoms with Crippen molar-refractivity contribution in [3.05, 3.63) is 0 Å². The molecule has 1 unspecified atom stereocenters. The highest BCUT2D eigenvalue weighted by Crippen LogP contribution is 2.43. The van der Waals surface area contributed by atoms with Crippen LogP contribution in [0.4, 0.5) is 0 Å². The maximum absolute atomic E-state index is 12.5. The highest BCUT2D eigenvalue weighted by molar-refractivity contribution is 6.18. The molecule has 1 amide bonds.